The molecule has 138 valence electrons. The molecule has 0 bridgehead atoms. The molecule has 0 aliphatic heterocycles. The van der Waals surface area contributed by atoms with Crippen molar-refractivity contribution < 1.29 is 28.2 Å². The molecular weight excluding hydrogens is 346 g/mol. The van der Waals surface area contributed by atoms with E-state index in [2.05, 4.69) is 10.6 Å². The molecule has 0 spiro atoms. The Bertz CT molecular complexity index is 761. The molecule has 0 radical (unpaired) electrons. The summed E-state index contributed by atoms with van der Waals surface area (Å²) < 4.78 is 31.6. The second-order valence-electron chi connectivity index (χ2n) is 5.38. The van der Waals surface area contributed by atoms with Gasteiger partial charge in [0, 0.05) is 24.2 Å². The summed E-state index contributed by atoms with van der Waals surface area (Å²) >= 11 is 0. The summed E-state index contributed by atoms with van der Waals surface area (Å²) in [5, 5.41) is 13.7. The third-order valence-electron chi connectivity index (χ3n) is 3.43. The van der Waals surface area contributed by atoms with E-state index in [-0.39, 0.29) is 18.7 Å². The van der Waals surface area contributed by atoms with E-state index in [9.17, 15) is 18.4 Å². The number of carbonyl (C=O) groups is 2. The molecule has 0 aliphatic rings. The fraction of sp³-hybridized carbons (Fsp3) is 0.222. The molecule has 1 unspecified atom stereocenters. The number of anilines is 1. The van der Waals surface area contributed by atoms with Gasteiger partial charge in [0.15, 0.2) is 17.4 Å². The van der Waals surface area contributed by atoms with Crippen LogP contribution in [-0.4, -0.2) is 29.8 Å². The monoisotopic (exact) mass is 364 g/mol. The third kappa shape index (κ3) is 5.17. The van der Waals surface area contributed by atoms with Crippen molar-refractivity contribution in [1.82, 2.24) is 5.32 Å². The van der Waals surface area contributed by atoms with Gasteiger partial charge in [-0.1, -0.05) is 30.3 Å². The molecule has 26 heavy (non-hydrogen) atoms. The normalized spacial score (nSPS) is 11.5. The van der Waals surface area contributed by atoms with Gasteiger partial charge in [0.25, 0.3) is 0 Å². The number of rotatable bonds is 6. The maximum Gasteiger partial charge on any atom is 0.329 e. The quantitative estimate of drug-likeness (QED) is 0.543. The fourth-order valence-corrected chi connectivity index (χ4v) is 2.25. The predicted octanol–water partition coefficient (Wildman–Crippen LogP) is 2.97. The molecule has 0 aliphatic carbocycles. The molecule has 2 rings (SSSR count). The van der Waals surface area contributed by atoms with Gasteiger partial charge in [0.1, 0.15) is 6.04 Å². The molecule has 0 aromatic heterocycles. The lowest BCUT2D eigenvalue weighted by atomic mass is 10.1. The lowest BCUT2D eigenvalue weighted by Gasteiger charge is -2.18. The largest absolute Gasteiger partial charge is 0.503 e. The minimum Gasteiger partial charge on any atom is -0.503 e. The van der Waals surface area contributed by atoms with E-state index in [1.807, 2.05) is 6.07 Å². The number of phenolic OH excluding ortho intramolecular Hbond substituents is 1. The number of hydrogen-bond acceptors (Lipinski definition) is 4. The van der Waals surface area contributed by atoms with Crippen molar-refractivity contribution in [3.63, 3.8) is 0 Å². The molecule has 0 fully saturated rings. The molecule has 3 N–H and O–H groups in total. The molecule has 1 atom stereocenters. The maximum absolute atomic E-state index is 13.3. The van der Waals surface area contributed by atoms with E-state index >= 15 is 0 Å². The SMILES string of the molecule is CCOC(=O)C(Cc1ccccc1)NC(=O)Nc1cc(F)c(O)c(F)c1. The summed E-state index contributed by atoms with van der Waals surface area (Å²) in [5.74, 6) is -4.20. The van der Waals surface area contributed by atoms with Crippen LogP contribution < -0.4 is 10.6 Å². The van der Waals surface area contributed by atoms with Gasteiger partial charge in [0.2, 0.25) is 0 Å². The second kappa shape index (κ2) is 8.80. The van der Waals surface area contributed by atoms with E-state index in [0.717, 1.165) is 17.7 Å². The number of halogens is 2. The van der Waals surface area contributed by atoms with Gasteiger partial charge in [-0.25, -0.2) is 18.4 Å². The van der Waals surface area contributed by atoms with Gasteiger partial charge >= 0.3 is 12.0 Å². The number of ether oxygens (including phenoxy) is 1. The van der Waals surface area contributed by atoms with Crippen molar-refractivity contribution >= 4 is 17.7 Å². The van der Waals surface area contributed by atoms with Crippen LogP contribution in [0.4, 0.5) is 19.3 Å². The Morgan fingerprint density at radius 1 is 1.15 bits per heavy atom. The number of carbonyl (C=O) groups excluding carboxylic acids is 2. The zero-order valence-electron chi connectivity index (χ0n) is 14.0. The topological polar surface area (TPSA) is 87.7 Å². The van der Waals surface area contributed by atoms with Crippen LogP contribution in [-0.2, 0) is 16.0 Å². The first-order valence-electron chi connectivity index (χ1n) is 7.86. The summed E-state index contributed by atoms with van der Waals surface area (Å²) in [4.78, 5) is 24.2. The van der Waals surface area contributed by atoms with Crippen LogP contribution in [0, 0.1) is 11.6 Å². The van der Waals surface area contributed by atoms with Crippen molar-refractivity contribution in [1.29, 1.82) is 0 Å². The minimum absolute atomic E-state index is 0.141. The van der Waals surface area contributed by atoms with Crippen LogP contribution in [0.15, 0.2) is 42.5 Å². The first-order chi connectivity index (χ1) is 12.4. The van der Waals surface area contributed by atoms with E-state index in [1.165, 1.54) is 0 Å². The lowest BCUT2D eigenvalue weighted by molar-refractivity contribution is -0.145. The lowest BCUT2D eigenvalue weighted by Crippen LogP contribution is -2.45. The van der Waals surface area contributed by atoms with E-state index in [0.29, 0.717) is 0 Å². The van der Waals surface area contributed by atoms with Gasteiger partial charge in [-0.2, -0.15) is 0 Å². The first kappa shape index (κ1) is 19.2. The molecule has 2 aromatic carbocycles. The van der Waals surface area contributed by atoms with Crippen molar-refractivity contribution in [2.45, 2.75) is 19.4 Å². The number of nitrogens with one attached hydrogen (secondary N) is 2. The highest BCUT2D eigenvalue weighted by Crippen LogP contribution is 2.24. The molecule has 0 saturated heterocycles. The van der Waals surface area contributed by atoms with E-state index in [1.54, 1.807) is 31.2 Å². The van der Waals surface area contributed by atoms with Crippen molar-refractivity contribution in [3.8, 4) is 5.75 Å². The minimum atomic E-state index is -1.22. The van der Waals surface area contributed by atoms with Crippen LogP contribution in [0.1, 0.15) is 12.5 Å². The smallest absolute Gasteiger partial charge is 0.329 e. The summed E-state index contributed by atoms with van der Waals surface area (Å²) in [7, 11) is 0. The van der Waals surface area contributed by atoms with Gasteiger partial charge in [-0.15, -0.1) is 0 Å². The molecule has 6 nitrogen and oxygen atoms in total. The summed E-state index contributed by atoms with van der Waals surface area (Å²) in [6.07, 6.45) is 0.186. The van der Waals surface area contributed by atoms with Gasteiger partial charge in [-0.05, 0) is 12.5 Å². The standard InChI is InChI=1S/C18H18F2N2O4/c1-2-26-17(24)15(8-11-6-4-3-5-7-11)22-18(25)21-12-9-13(19)16(23)14(20)10-12/h3-7,9-10,15,23H,2,8H2,1H3,(H2,21,22,25). The Hall–Kier alpha value is -3.16. The molecule has 2 amide bonds. The number of amides is 2. The summed E-state index contributed by atoms with van der Waals surface area (Å²) in [6.45, 7) is 1.78. The number of phenols is 1. The van der Waals surface area contributed by atoms with Crippen LogP contribution in [0.2, 0.25) is 0 Å². The van der Waals surface area contributed by atoms with Crippen LogP contribution >= 0.6 is 0 Å². The van der Waals surface area contributed by atoms with Crippen LogP contribution in [0.25, 0.3) is 0 Å². The number of urea groups is 1. The van der Waals surface area contributed by atoms with E-state index in [4.69, 9.17) is 9.84 Å². The number of aromatic hydroxyl groups is 1. The number of benzene rings is 2. The third-order valence-corrected chi connectivity index (χ3v) is 3.43. The second-order valence-corrected chi connectivity index (χ2v) is 5.38. The average Bonchev–Trinajstić information content (AvgIpc) is 2.60. The highest BCUT2D eigenvalue weighted by atomic mass is 19.1. The zero-order chi connectivity index (χ0) is 19.1. The maximum atomic E-state index is 13.3. The highest BCUT2D eigenvalue weighted by Gasteiger charge is 2.23. The highest BCUT2D eigenvalue weighted by molar-refractivity contribution is 5.92. The van der Waals surface area contributed by atoms with Crippen molar-refractivity contribution in [2.75, 3.05) is 11.9 Å². The van der Waals surface area contributed by atoms with Crippen molar-refractivity contribution in [2.24, 2.45) is 0 Å². The molecule has 0 heterocycles. The Kier molecular flexibility index (Phi) is 6.48. The van der Waals surface area contributed by atoms with Gasteiger partial charge in [0.05, 0.1) is 6.61 Å². The average molecular weight is 364 g/mol. The van der Waals surface area contributed by atoms with Crippen molar-refractivity contribution in [3.05, 3.63) is 59.7 Å². The Morgan fingerprint density at radius 2 is 1.77 bits per heavy atom. The summed E-state index contributed by atoms with van der Waals surface area (Å²) in [5.41, 5.74) is 0.588. The number of hydrogen-bond donors (Lipinski definition) is 3. The van der Waals surface area contributed by atoms with Gasteiger partial charge < -0.3 is 20.5 Å². The zero-order valence-corrected chi connectivity index (χ0v) is 14.0. The molecule has 0 saturated carbocycles. The molecule has 2 aromatic rings. The number of esters is 1. The Labute approximate surface area is 148 Å². The summed E-state index contributed by atoms with van der Waals surface area (Å²) in [6, 6.07) is 8.67. The Balaban J connectivity index is 2.09. The predicted molar refractivity (Wildman–Crippen MR) is 90.7 cm³/mol. The van der Waals surface area contributed by atoms with E-state index < -0.39 is 35.4 Å². The first-order valence-corrected chi connectivity index (χ1v) is 7.86. The molecule has 8 heteroatoms. The van der Waals surface area contributed by atoms with Crippen LogP contribution in [0.5, 0.6) is 5.75 Å². The Morgan fingerprint density at radius 3 is 2.35 bits per heavy atom. The van der Waals surface area contributed by atoms with Gasteiger partial charge in [-0.3, -0.25) is 0 Å². The van der Waals surface area contributed by atoms with Crippen LogP contribution in [0.3, 0.4) is 0 Å². The fourth-order valence-electron chi connectivity index (χ4n) is 2.25. The molecular formula is C18H18F2N2O4.